The Morgan fingerprint density at radius 2 is 1.78 bits per heavy atom. The summed E-state index contributed by atoms with van der Waals surface area (Å²) in [6.07, 6.45) is -0.460. The molecule has 1 amide bonds. The monoisotopic (exact) mass is 248 g/mol. The average Bonchev–Trinajstić information content (AvgIpc) is 2.27. The lowest BCUT2D eigenvalue weighted by Gasteiger charge is -2.22. The number of rotatable bonds is 2. The molecule has 98 valence electrons. The molecule has 0 aliphatic carbocycles. The summed E-state index contributed by atoms with van der Waals surface area (Å²) in [6.45, 7) is 7.34. The van der Waals surface area contributed by atoms with Crippen molar-refractivity contribution >= 4 is 11.8 Å². The normalized spacial score (nSPS) is 12.2. The van der Waals surface area contributed by atoms with E-state index in [0.29, 0.717) is 0 Å². The summed E-state index contributed by atoms with van der Waals surface area (Å²) in [5, 5.41) is 5.42. The van der Waals surface area contributed by atoms with Crippen LogP contribution in [0.15, 0.2) is 35.4 Å². The molecular formula is C14H20N2O2. The molecule has 18 heavy (non-hydrogen) atoms. The molecule has 4 heteroatoms. The zero-order valence-electron chi connectivity index (χ0n) is 11.6. The van der Waals surface area contributed by atoms with Crippen LogP contribution in [-0.4, -0.2) is 29.5 Å². The minimum absolute atomic E-state index is 0.460. The summed E-state index contributed by atoms with van der Waals surface area (Å²) in [5.41, 5.74) is 1.23. The van der Waals surface area contributed by atoms with Crippen LogP contribution in [0.3, 0.4) is 0 Å². The number of hydrogen-bond acceptors (Lipinski definition) is 3. The maximum absolute atomic E-state index is 11.7. The molecule has 0 saturated carbocycles. The lowest BCUT2D eigenvalue weighted by atomic mass is 10.1. The molecule has 1 rings (SSSR count). The van der Waals surface area contributed by atoms with Gasteiger partial charge in [-0.05, 0) is 33.3 Å². The third kappa shape index (κ3) is 4.57. The molecule has 0 N–H and O–H groups in total. The highest BCUT2D eigenvalue weighted by Gasteiger charge is 2.19. The Labute approximate surface area is 108 Å². The van der Waals surface area contributed by atoms with E-state index in [1.54, 1.807) is 7.05 Å². The van der Waals surface area contributed by atoms with E-state index >= 15 is 0 Å². The van der Waals surface area contributed by atoms with Crippen molar-refractivity contribution in [1.82, 2.24) is 5.01 Å². The van der Waals surface area contributed by atoms with Gasteiger partial charge in [0, 0.05) is 7.05 Å². The van der Waals surface area contributed by atoms with Crippen molar-refractivity contribution in [3.63, 3.8) is 0 Å². The van der Waals surface area contributed by atoms with E-state index in [1.807, 2.05) is 58.0 Å². The number of ether oxygens (including phenoxy) is 1. The first-order valence-corrected chi connectivity index (χ1v) is 5.87. The standard InChI is InChI=1S/C14H20N2O2/c1-11(12-9-7-6-8-10-12)15-16(5)13(17)18-14(2,3)4/h6-10H,1-5H3/b15-11+. The Balaban J connectivity index is 2.74. The number of nitrogens with zero attached hydrogens (tertiary/aromatic N) is 2. The van der Waals surface area contributed by atoms with Gasteiger partial charge in [0.15, 0.2) is 0 Å². The average molecular weight is 248 g/mol. The highest BCUT2D eigenvalue weighted by Crippen LogP contribution is 2.10. The molecule has 4 nitrogen and oxygen atoms in total. The van der Waals surface area contributed by atoms with Crippen LogP contribution in [0, 0.1) is 0 Å². The second kappa shape index (κ2) is 5.67. The predicted molar refractivity (Wildman–Crippen MR) is 72.7 cm³/mol. The molecule has 0 heterocycles. The first kappa shape index (κ1) is 14.2. The van der Waals surface area contributed by atoms with E-state index in [4.69, 9.17) is 4.74 Å². The summed E-state index contributed by atoms with van der Waals surface area (Å²) in [7, 11) is 1.58. The van der Waals surface area contributed by atoms with Gasteiger partial charge in [0.25, 0.3) is 0 Å². The molecule has 0 bridgehead atoms. The Kier molecular flexibility index (Phi) is 4.48. The minimum Gasteiger partial charge on any atom is -0.442 e. The summed E-state index contributed by atoms with van der Waals surface area (Å²) in [5.74, 6) is 0. The van der Waals surface area contributed by atoms with E-state index in [9.17, 15) is 4.79 Å². The fraction of sp³-hybridized carbons (Fsp3) is 0.429. The van der Waals surface area contributed by atoms with Gasteiger partial charge in [-0.25, -0.2) is 9.80 Å². The van der Waals surface area contributed by atoms with Crippen molar-refractivity contribution in [3.05, 3.63) is 35.9 Å². The largest absolute Gasteiger partial charge is 0.442 e. The van der Waals surface area contributed by atoms with Gasteiger partial charge < -0.3 is 4.74 Å². The molecule has 1 aromatic rings. The fourth-order valence-electron chi connectivity index (χ4n) is 1.33. The number of carbonyl (C=O) groups is 1. The lowest BCUT2D eigenvalue weighted by Crippen LogP contribution is -2.31. The van der Waals surface area contributed by atoms with Gasteiger partial charge in [-0.1, -0.05) is 30.3 Å². The molecule has 0 saturated heterocycles. The van der Waals surface area contributed by atoms with Gasteiger partial charge in [-0.3, -0.25) is 0 Å². The molecule has 0 spiro atoms. The van der Waals surface area contributed by atoms with E-state index in [1.165, 1.54) is 5.01 Å². The van der Waals surface area contributed by atoms with Gasteiger partial charge in [0.2, 0.25) is 0 Å². The van der Waals surface area contributed by atoms with Gasteiger partial charge in [-0.2, -0.15) is 5.10 Å². The van der Waals surface area contributed by atoms with Crippen LogP contribution in [0.1, 0.15) is 33.3 Å². The zero-order chi connectivity index (χ0) is 13.8. The van der Waals surface area contributed by atoms with Crippen molar-refractivity contribution in [3.8, 4) is 0 Å². The van der Waals surface area contributed by atoms with Crippen molar-refractivity contribution in [2.24, 2.45) is 5.10 Å². The van der Waals surface area contributed by atoms with E-state index < -0.39 is 11.7 Å². The second-order valence-electron chi connectivity index (χ2n) is 5.06. The summed E-state index contributed by atoms with van der Waals surface area (Å²) in [6, 6.07) is 9.70. The smallest absolute Gasteiger partial charge is 0.430 e. The number of amides is 1. The number of hydrogen-bond donors (Lipinski definition) is 0. The van der Waals surface area contributed by atoms with E-state index in [2.05, 4.69) is 5.10 Å². The highest BCUT2D eigenvalue weighted by molar-refractivity contribution is 5.98. The Hall–Kier alpha value is -1.84. The van der Waals surface area contributed by atoms with Crippen LogP contribution in [0.4, 0.5) is 4.79 Å². The Morgan fingerprint density at radius 3 is 2.28 bits per heavy atom. The van der Waals surface area contributed by atoms with E-state index in [-0.39, 0.29) is 0 Å². The van der Waals surface area contributed by atoms with Crippen molar-refractivity contribution in [2.45, 2.75) is 33.3 Å². The van der Waals surface area contributed by atoms with Crippen LogP contribution < -0.4 is 0 Å². The van der Waals surface area contributed by atoms with Crippen LogP contribution in [0.25, 0.3) is 0 Å². The topological polar surface area (TPSA) is 41.9 Å². The van der Waals surface area contributed by atoms with Crippen molar-refractivity contribution in [2.75, 3.05) is 7.05 Å². The maximum Gasteiger partial charge on any atom is 0.430 e. The second-order valence-corrected chi connectivity index (χ2v) is 5.06. The fourth-order valence-corrected chi connectivity index (χ4v) is 1.33. The first-order valence-electron chi connectivity index (χ1n) is 5.87. The Bertz CT molecular complexity index is 433. The zero-order valence-corrected chi connectivity index (χ0v) is 11.6. The first-order chi connectivity index (χ1) is 8.29. The molecule has 1 aromatic carbocycles. The molecule has 0 unspecified atom stereocenters. The quantitative estimate of drug-likeness (QED) is 0.595. The van der Waals surface area contributed by atoms with Gasteiger partial charge in [0.05, 0.1) is 5.71 Å². The van der Waals surface area contributed by atoms with Crippen LogP contribution in [0.2, 0.25) is 0 Å². The highest BCUT2D eigenvalue weighted by atomic mass is 16.6. The van der Waals surface area contributed by atoms with Crippen LogP contribution >= 0.6 is 0 Å². The molecule has 0 aliphatic rings. The molecule has 0 aliphatic heterocycles. The number of hydrazone groups is 1. The molecular weight excluding hydrogens is 228 g/mol. The predicted octanol–water partition coefficient (Wildman–Crippen LogP) is 3.28. The molecule has 0 radical (unpaired) electrons. The van der Waals surface area contributed by atoms with Gasteiger partial charge >= 0.3 is 6.09 Å². The SMILES string of the molecule is C/C(=N\N(C)C(=O)OC(C)(C)C)c1ccccc1. The summed E-state index contributed by atoms with van der Waals surface area (Å²) >= 11 is 0. The summed E-state index contributed by atoms with van der Waals surface area (Å²) < 4.78 is 5.22. The number of benzene rings is 1. The maximum atomic E-state index is 11.7. The lowest BCUT2D eigenvalue weighted by molar-refractivity contribution is 0.0303. The molecule has 0 atom stereocenters. The van der Waals surface area contributed by atoms with Crippen LogP contribution in [0.5, 0.6) is 0 Å². The van der Waals surface area contributed by atoms with Crippen LogP contribution in [-0.2, 0) is 4.74 Å². The summed E-state index contributed by atoms with van der Waals surface area (Å²) in [4.78, 5) is 11.7. The minimum atomic E-state index is -0.512. The van der Waals surface area contributed by atoms with Gasteiger partial charge in [0.1, 0.15) is 5.60 Å². The molecule has 0 fully saturated rings. The van der Waals surface area contributed by atoms with E-state index in [0.717, 1.165) is 11.3 Å². The Morgan fingerprint density at radius 1 is 1.22 bits per heavy atom. The number of carbonyl (C=O) groups excluding carboxylic acids is 1. The van der Waals surface area contributed by atoms with Crippen molar-refractivity contribution < 1.29 is 9.53 Å². The van der Waals surface area contributed by atoms with Crippen molar-refractivity contribution in [1.29, 1.82) is 0 Å². The van der Waals surface area contributed by atoms with Gasteiger partial charge in [-0.15, -0.1) is 0 Å². The third-order valence-corrected chi connectivity index (χ3v) is 2.15. The third-order valence-electron chi connectivity index (χ3n) is 2.15. The molecule has 0 aromatic heterocycles.